The Morgan fingerprint density at radius 1 is 0.464 bits per heavy atom. The van der Waals surface area contributed by atoms with E-state index in [1.165, 1.54) is 0 Å². The van der Waals surface area contributed by atoms with E-state index in [2.05, 4.69) is 0 Å². The van der Waals surface area contributed by atoms with Crippen LogP contribution in [0.15, 0.2) is 24.3 Å². The minimum absolute atomic E-state index is 0.707. The highest BCUT2D eigenvalue weighted by Crippen LogP contribution is 2.35. The molecule has 0 atom stereocenters. The first-order valence-corrected chi connectivity index (χ1v) is 7.44. The molecule has 10 heteroatoms. The van der Waals surface area contributed by atoms with Crippen molar-refractivity contribution in [2.45, 2.75) is 0 Å². The fraction of sp³-hybridized carbons (Fsp3) is 0. The lowest BCUT2D eigenvalue weighted by atomic mass is 9.76. The molecule has 0 aromatic heterocycles. The summed E-state index contributed by atoms with van der Waals surface area (Å²) in [6.07, 6.45) is 0. The molecule has 28 heavy (non-hydrogen) atoms. The van der Waals surface area contributed by atoms with E-state index in [-0.39, 0.29) is 0 Å². The van der Waals surface area contributed by atoms with Crippen molar-refractivity contribution in [3.05, 3.63) is 68.8 Å². The van der Waals surface area contributed by atoms with Crippen LogP contribution in [0, 0.1) is 0 Å². The molecule has 0 fully saturated rings. The summed E-state index contributed by atoms with van der Waals surface area (Å²) in [5.41, 5.74) is -6.01. The highest BCUT2D eigenvalue weighted by atomic mass is 16.4. The predicted octanol–water partition coefficient (Wildman–Crippen LogP) is 1.25. The lowest BCUT2D eigenvalue weighted by Gasteiger charge is -2.23. The van der Waals surface area contributed by atoms with Gasteiger partial charge in [0.05, 0.1) is 22.3 Å². The normalized spacial score (nSPS) is 12.1. The second kappa shape index (κ2) is 6.13. The van der Waals surface area contributed by atoms with Gasteiger partial charge in [0.1, 0.15) is 0 Å². The van der Waals surface area contributed by atoms with Crippen LogP contribution in [0.3, 0.4) is 0 Å². The number of benzene rings is 2. The highest BCUT2D eigenvalue weighted by molar-refractivity contribution is 6.35. The van der Waals surface area contributed by atoms with Crippen LogP contribution in [0.4, 0.5) is 0 Å². The summed E-state index contributed by atoms with van der Waals surface area (Å²) in [5, 5.41) is 37.3. The average Bonchev–Trinajstić information content (AvgIpc) is 2.63. The van der Waals surface area contributed by atoms with Crippen molar-refractivity contribution in [1.82, 2.24) is 0 Å². The number of rotatable bonds is 4. The van der Waals surface area contributed by atoms with Crippen LogP contribution in [-0.4, -0.2) is 55.9 Å². The van der Waals surface area contributed by atoms with Gasteiger partial charge in [-0.15, -0.1) is 0 Å². The van der Waals surface area contributed by atoms with E-state index in [0.717, 1.165) is 24.3 Å². The zero-order valence-electron chi connectivity index (χ0n) is 13.5. The second-order valence-corrected chi connectivity index (χ2v) is 5.70. The Hall–Kier alpha value is -4.34. The quantitative estimate of drug-likeness (QED) is 0.510. The third-order valence-corrected chi connectivity index (χ3v) is 4.24. The Morgan fingerprint density at radius 2 is 0.643 bits per heavy atom. The Morgan fingerprint density at radius 3 is 0.786 bits per heavy atom. The molecule has 0 bridgehead atoms. The third-order valence-electron chi connectivity index (χ3n) is 4.24. The zero-order valence-corrected chi connectivity index (χ0v) is 13.5. The number of aromatic carboxylic acids is 4. The van der Waals surface area contributed by atoms with Gasteiger partial charge in [-0.1, -0.05) is 0 Å². The first-order chi connectivity index (χ1) is 13.1. The van der Waals surface area contributed by atoms with E-state index < -0.39 is 80.0 Å². The summed E-state index contributed by atoms with van der Waals surface area (Å²) in [5.74, 6) is -9.11. The Kier molecular flexibility index (Phi) is 4.04. The number of carboxylic acid groups (broad SMARTS) is 4. The molecule has 4 N–H and O–H groups in total. The van der Waals surface area contributed by atoms with Crippen molar-refractivity contribution < 1.29 is 49.2 Å². The van der Waals surface area contributed by atoms with Crippen LogP contribution in [0.1, 0.15) is 73.3 Å². The molecule has 0 radical (unpaired) electrons. The number of hydrogen-bond acceptors (Lipinski definition) is 6. The summed E-state index contributed by atoms with van der Waals surface area (Å²) >= 11 is 0. The topological polar surface area (TPSA) is 183 Å². The maximum atomic E-state index is 13.0. The summed E-state index contributed by atoms with van der Waals surface area (Å²) in [6.45, 7) is 0. The van der Waals surface area contributed by atoms with E-state index in [4.69, 9.17) is 0 Å². The zero-order chi connectivity index (χ0) is 20.9. The molecular weight excluding hydrogens is 376 g/mol. The van der Waals surface area contributed by atoms with Gasteiger partial charge in [0.25, 0.3) is 0 Å². The number of fused-ring (bicyclic) bond motifs is 2. The van der Waals surface area contributed by atoms with Crippen molar-refractivity contribution in [2.24, 2.45) is 0 Å². The van der Waals surface area contributed by atoms with Crippen molar-refractivity contribution in [2.75, 3.05) is 0 Å². The van der Waals surface area contributed by atoms with Gasteiger partial charge >= 0.3 is 23.9 Å². The second-order valence-electron chi connectivity index (χ2n) is 5.70. The fourth-order valence-electron chi connectivity index (χ4n) is 3.11. The van der Waals surface area contributed by atoms with Crippen molar-refractivity contribution in [1.29, 1.82) is 0 Å². The number of carbonyl (C=O) groups is 6. The maximum Gasteiger partial charge on any atom is 0.336 e. The van der Waals surface area contributed by atoms with Crippen molar-refractivity contribution >= 4 is 35.4 Å². The van der Waals surface area contributed by atoms with Crippen LogP contribution in [0.2, 0.25) is 0 Å². The van der Waals surface area contributed by atoms with Crippen LogP contribution in [0.25, 0.3) is 0 Å². The molecule has 0 saturated carbocycles. The lowest BCUT2D eigenvalue weighted by molar-refractivity contribution is 0.0671. The summed E-state index contributed by atoms with van der Waals surface area (Å²) in [6, 6.07) is 3.23. The van der Waals surface area contributed by atoms with Gasteiger partial charge in [-0.3, -0.25) is 9.59 Å². The number of carbonyl (C=O) groups excluding carboxylic acids is 2. The van der Waals surface area contributed by atoms with Crippen LogP contribution >= 0.6 is 0 Å². The summed E-state index contributed by atoms with van der Waals surface area (Å²) in [7, 11) is 0. The molecule has 2 aromatic carbocycles. The molecule has 2 aromatic rings. The molecule has 3 rings (SSSR count). The van der Waals surface area contributed by atoms with Gasteiger partial charge in [0.2, 0.25) is 0 Å². The molecule has 0 amide bonds. The van der Waals surface area contributed by atoms with Crippen LogP contribution in [-0.2, 0) is 0 Å². The minimum Gasteiger partial charge on any atom is -0.478 e. The Bertz CT molecular complexity index is 978. The molecule has 0 saturated heterocycles. The fourth-order valence-corrected chi connectivity index (χ4v) is 3.11. The van der Waals surface area contributed by atoms with Gasteiger partial charge in [0.15, 0.2) is 11.6 Å². The van der Waals surface area contributed by atoms with Crippen LogP contribution in [0.5, 0.6) is 0 Å². The van der Waals surface area contributed by atoms with E-state index in [0.29, 0.717) is 0 Å². The standard InChI is InChI=1S/C18H8O10/c19-13-9-5(15(21)22)1-2-6(16(23)24)10(9)14(20)12-8(18(27)28)4-3-7(11(12)13)17(25)26/h1-4H,(H,21,22)(H,23,24)(H,25,26)(H,27,28). The summed E-state index contributed by atoms with van der Waals surface area (Å²) < 4.78 is 0. The van der Waals surface area contributed by atoms with Crippen molar-refractivity contribution in [3.63, 3.8) is 0 Å². The van der Waals surface area contributed by atoms with Gasteiger partial charge in [-0.2, -0.15) is 0 Å². The minimum atomic E-state index is -1.65. The molecule has 0 unspecified atom stereocenters. The average molecular weight is 384 g/mol. The highest BCUT2D eigenvalue weighted by Gasteiger charge is 2.41. The molecule has 1 aliphatic rings. The smallest absolute Gasteiger partial charge is 0.336 e. The van der Waals surface area contributed by atoms with E-state index in [9.17, 15) is 49.2 Å². The molecule has 0 spiro atoms. The maximum absolute atomic E-state index is 13.0. The van der Waals surface area contributed by atoms with Gasteiger partial charge in [0, 0.05) is 22.3 Å². The molecule has 1 aliphatic carbocycles. The lowest BCUT2D eigenvalue weighted by Crippen LogP contribution is -2.30. The molecule has 10 nitrogen and oxygen atoms in total. The van der Waals surface area contributed by atoms with E-state index >= 15 is 0 Å². The Balaban J connectivity index is 2.55. The van der Waals surface area contributed by atoms with Gasteiger partial charge in [-0.25, -0.2) is 19.2 Å². The van der Waals surface area contributed by atoms with Gasteiger partial charge < -0.3 is 20.4 Å². The molecule has 0 aliphatic heterocycles. The van der Waals surface area contributed by atoms with E-state index in [1.807, 2.05) is 0 Å². The molecule has 0 heterocycles. The third kappa shape index (κ3) is 2.43. The van der Waals surface area contributed by atoms with Gasteiger partial charge in [-0.05, 0) is 24.3 Å². The van der Waals surface area contributed by atoms with E-state index in [1.54, 1.807) is 0 Å². The Labute approximate surface area is 154 Å². The molecule has 140 valence electrons. The number of carboxylic acids is 4. The van der Waals surface area contributed by atoms with Crippen molar-refractivity contribution in [3.8, 4) is 0 Å². The van der Waals surface area contributed by atoms with Crippen LogP contribution < -0.4 is 0 Å². The predicted molar refractivity (Wildman–Crippen MR) is 87.6 cm³/mol. The first-order valence-electron chi connectivity index (χ1n) is 7.44. The monoisotopic (exact) mass is 384 g/mol. The largest absolute Gasteiger partial charge is 0.478 e. The number of ketones is 2. The summed E-state index contributed by atoms with van der Waals surface area (Å²) in [4.78, 5) is 71.9. The SMILES string of the molecule is O=C(O)c1ccc(C(=O)O)c2c1C(=O)c1c(C(=O)O)ccc(C(=O)O)c1C2=O. The number of hydrogen-bond donors (Lipinski definition) is 4. The molecular formula is C18H8O10. The first kappa shape index (κ1) is 18.5.